The standard InChI is InChI=1S/C22H25NO3/c1-25-20-10-5-16(6-11-20)14-23(19-8-9-19)22(24)15-26-21-12-7-17-3-2-4-18(17)13-21/h5-7,10-13,19H,2-4,8-9,14-15H2,1H3. The molecule has 0 spiro atoms. The molecule has 0 atom stereocenters. The Morgan fingerprint density at radius 1 is 1.04 bits per heavy atom. The molecule has 4 nitrogen and oxygen atoms in total. The smallest absolute Gasteiger partial charge is 0.261 e. The van der Waals surface area contributed by atoms with Gasteiger partial charge in [0.2, 0.25) is 0 Å². The topological polar surface area (TPSA) is 38.8 Å². The molecule has 0 N–H and O–H groups in total. The Hall–Kier alpha value is -2.49. The van der Waals surface area contributed by atoms with Crippen LogP contribution >= 0.6 is 0 Å². The average Bonchev–Trinajstić information content (AvgIpc) is 3.41. The molecule has 0 bridgehead atoms. The molecule has 1 fully saturated rings. The van der Waals surface area contributed by atoms with E-state index in [4.69, 9.17) is 9.47 Å². The second kappa shape index (κ2) is 7.40. The number of aryl methyl sites for hydroxylation is 2. The summed E-state index contributed by atoms with van der Waals surface area (Å²) in [5, 5.41) is 0. The van der Waals surface area contributed by atoms with Crippen molar-refractivity contribution in [3.8, 4) is 11.5 Å². The second-order valence-electron chi connectivity index (χ2n) is 7.17. The highest BCUT2D eigenvalue weighted by atomic mass is 16.5. The van der Waals surface area contributed by atoms with Crippen molar-refractivity contribution in [1.82, 2.24) is 4.90 Å². The fraction of sp³-hybridized carbons (Fsp3) is 0.409. The fourth-order valence-electron chi connectivity index (χ4n) is 3.60. The molecule has 2 aromatic rings. The van der Waals surface area contributed by atoms with Gasteiger partial charge in [-0.2, -0.15) is 0 Å². The first kappa shape index (κ1) is 17.0. The SMILES string of the molecule is COc1ccc(CN(C(=O)COc2ccc3c(c2)CCC3)C2CC2)cc1. The van der Waals surface area contributed by atoms with Crippen molar-refractivity contribution in [3.05, 3.63) is 59.2 Å². The Labute approximate surface area is 154 Å². The summed E-state index contributed by atoms with van der Waals surface area (Å²) in [6.07, 6.45) is 5.66. The molecule has 0 aromatic heterocycles. The lowest BCUT2D eigenvalue weighted by Gasteiger charge is -2.23. The molecule has 0 saturated heterocycles. The lowest BCUT2D eigenvalue weighted by Crippen LogP contribution is -2.36. The Kier molecular flexibility index (Phi) is 4.83. The average molecular weight is 351 g/mol. The van der Waals surface area contributed by atoms with Gasteiger partial charge in [-0.15, -0.1) is 0 Å². The number of rotatable bonds is 7. The fourth-order valence-corrected chi connectivity index (χ4v) is 3.60. The highest BCUT2D eigenvalue weighted by molar-refractivity contribution is 5.78. The summed E-state index contributed by atoms with van der Waals surface area (Å²) in [5.74, 6) is 1.70. The van der Waals surface area contributed by atoms with E-state index >= 15 is 0 Å². The van der Waals surface area contributed by atoms with Gasteiger partial charge in [0, 0.05) is 12.6 Å². The van der Waals surface area contributed by atoms with E-state index in [9.17, 15) is 4.79 Å². The number of fused-ring (bicyclic) bond motifs is 1. The van der Waals surface area contributed by atoms with Crippen LogP contribution in [0.25, 0.3) is 0 Å². The molecule has 2 aliphatic rings. The number of carbonyl (C=O) groups excluding carboxylic acids is 1. The van der Waals surface area contributed by atoms with E-state index in [-0.39, 0.29) is 12.5 Å². The molecular weight excluding hydrogens is 326 g/mol. The normalized spacial score (nSPS) is 15.4. The van der Waals surface area contributed by atoms with Crippen LogP contribution in [-0.2, 0) is 24.2 Å². The molecule has 0 radical (unpaired) electrons. The first-order valence-electron chi connectivity index (χ1n) is 9.40. The summed E-state index contributed by atoms with van der Waals surface area (Å²) < 4.78 is 11.0. The zero-order valence-electron chi connectivity index (χ0n) is 15.2. The summed E-state index contributed by atoms with van der Waals surface area (Å²) in [7, 11) is 1.66. The van der Waals surface area contributed by atoms with Crippen LogP contribution in [0.3, 0.4) is 0 Å². The van der Waals surface area contributed by atoms with Gasteiger partial charge in [0.15, 0.2) is 6.61 Å². The van der Waals surface area contributed by atoms with Crippen molar-refractivity contribution >= 4 is 5.91 Å². The minimum absolute atomic E-state index is 0.0591. The van der Waals surface area contributed by atoms with Gasteiger partial charge in [-0.05, 0) is 73.1 Å². The molecule has 0 aliphatic heterocycles. The van der Waals surface area contributed by atoms with Crippen LogP contribution in [0, 0.1) is 0 Å². The Morgan fingerprint density at radius 2 is 1.77 bits per heavy atom. The number of methoxy groups -OCH3 is 1. The first-order valence-corrected chi connectivity index (χ1v) is 9.40. The van der Waals surface area contributed by atoms with Crippen LogP contribution in [0.2, 0.25) is 0 Å². The summed E-state index contributed by atoms with van der Waals surface area (Å²) >= 11 is 0. The Balaban J connectivity index is 1.37. The van der Waals surface area contributed by atoms with Gasteiger partial charge in [0.25, 0.3) is 5.91 Å². The summed E-state index contributed by atoms with van der Waals surface area (Å²) in [6, 6.07) is 14.5. The molecule has 136 valence electrons. The molecule has 4 heteroatoms. The first-order chi connectivity index (χ1) is 12.7. The zero-order chi connectivity index (χ0) is 17.9. The third-order valence-electron chi connectivity index (χ3n) is 5.25. The molecule has 0 heterocycles. The van der Waals surface area contributed by atoms with Gasteiger partial charge >= 0.3 is 0 Å². The molecule has 4 rings (SSSR count). The number of ether oxygens (including phenoxy) is 2. The predicted octanol–water partition coefficient (Wildman–Crippen LogP) is 3.75. The van der Waals surface area contributed by atoms with Crippen LogP contribution in [0.15, 0.2) is 42.5 Å². The molecular formula is C22H25NO3. The highest BCUT2D eigenvalue weighted by Gasteiger charge is 2.32. The number of hydrogen-bond donors (Lipinski definition) is 0. The molecule has 1 saturated carbocycles. The van der Waals surface area contributed by atoms with E-state index in [1.807, 2.05) is 35.2 Å². The van der Waals surface area contributed by atoms with Gasteiger partial charge in [0.1, 0.15) is 11.5 Å². The van der Waals surface area contributed by atoms with E-state index in [1.54, 1.807) is 7.11 Å². The number of hydrogen-bond acceptors (Lipinski definition) is 3. The second-order valence-corrected chi connectivity index (χ2v) is 7.17. The monoisotopic (exact) mass is 351 g/mol. The Morgan fingerprint density at radius 3 is 2.50 bits per heavy atom. The van der Waals surface area contributed by atoms with Crippen molar-refractivity contribution in [1.29, 1.82) is 0 Å². The van der Waals surface area contributed by atoms with Crippen LogP contribution in [-0.4, -0.2) is 30.6 Å². The van der Waals surface area contributed by atoms with Gasteiger partial charge in [0.05, 0.1) is 7.11 Å². The molecule has 2 aromatic carbocycles. The quantitative estimate of drug-likeness (QED) is 0.762. The maximum Gasteiger partial charge on any atom is 0.261 e. The van der Waals surface area contributed by atoms with Crippen LogP contribution in [0.4, 0.5) is 0 Å². The van der Waals surface area contributed by atoms with E-state index in [0.717, 1.165) is 42.7 Å². The number of amides is 1. The largest absolute Gasteiger partial charge is 0.497 e. The van der Waals surface area contributed by atoms with Crippen LogP contribution in [0.1, 0.15) is 36.0 Å². The van der Waals surface area contributed by atoms with E-state index < -0.39 is 0 Å². The van der Waals surface area contributed by atoms with Crippen LogP contribution < -0.4 is 9.47 Å². The molecule has 26 heavy (non-hydrogen) atoms. The van der Waals surface area contributed by atoms with E-state index in [1.165, 1.54) is 17.5 Å². The van der Waals surface area contributed by atoms with Gasteiger partial charge in [-0.1, -0.05) is 18.2 Å². The molecule has 2 aliphatic carbocycles. The van der Waals surface area contributed by atoms with E-state index in [0.29, 0.717) is 12.6 Å². The highest BCUT2D eigenvalue weighted by Crippen LogP contribution is 2.29. The third-order valence-corrected chi connectivity index (χ3v) is 5.25. The van der Waals surface area contributed by atoms with Crippen LogP contribution in [0.5, 0.6) is 11.5 Å². The van der Waals surface area contributed by atoms with Gasteiger partial charge < -0.3 is 14.4 Å². The lowest BCUT2D eigenvalue weighted by molar-refractivity contribution is -0.134. The predicted molar refractivity (Wildman–Crippen MR) is 101 cm³/mol. The summed E-state index contributed by atoms with van der Waals surface area (Å²) in [6.45, 7) is 0.729. The number of benzene rings is 2. The van der Waals surface area contributed by atoms with Gasteiger partial charge in [-0.25, -0.2) is 0 Å². The number of nitrogens with zero attached hydrogens (tertiary/aromatic N) is 1. The maximum absolute atomic E-state index is 12.7. The number of carbonyl (C=O) groups is 1. The minimum Gasteiger partial charge on any atom is -0.497 e. The summed E-state index contributed by atoms with van der Waals surface area (Å²) in [4.78, 5) is 14.7. The maximum atomic E-state index is 12.7. The molecule has 1 amide bonds. The molecule has 0 unspecified atom stereocenters. The van der Waals surface area contributed by atoms with Crippen molar-refractivity contribution in [2.75, 3.05) is 13.7 Å². The minimum atomic E-state index is 0.0591. The van der Waals surface area contributed by atoms with Crippen molar-refractivity contribution in [3.63, 3.8) is 0 Å². The van der Waals surface area contributed by atoms with Gasteiger partial charge in [-0.3, -0.25) is 4.79 Å². The summed E-state index contributed by atoms with van der Waals surface area (Å²) in [5.41, 5.74) is 3.90. The van der Waals surface area contributed by atoms with Crippen molar-refractivity contribution < 1.29 is 14.3 Å². The Bertz CT molecular complexity index is 780. The van der Waals surface area contributed by atoms with Crippen molar-refractivity contribution in [2.45, 2.75) is 44.7 Å². The zero-order valence-corrected chi connectivity index (χ0v) is 15.2. The van der Waals surface area contributed by atoms with Crippen molar-refractivity contribution in [2.24, 2.45) is 0 Å². The lowest BCUT2D eigenvalue weighted by atomic mass is 10.1. The third kappa shape index (κ3) is 3.85. The van der Waals surface area contributed by atoms with E-state index in [2.05, 4.69) is 12.1 Å².